The molecule has 1 saturated heterocycles. The second kappa shape index (κ2) is 3.46. The minimum atomic E-state index is 0.0165. The van der Waals surface area contributed by atoms with Gasteiger partial charge in [-0.15, -0.1) is 0 Å². The Kier molecular flexibility index (Phi) is 2.29. The third-order valence-electron chi connectivity index (χ3n) is 2.65. The van der Waals surface area contributed by atoms with E-state index in [1.807, 2.05) is 34.8 Å². The van der Waals surface area contributed by atoms with E-state index in [1.165, 1.54) is 0 Å². The van der Waals surface area contributed by atoms with Gasteiger partial charge in [0, 0.05) is 37.9 Å². The lowest BCUT2D eigenvalue weighted by Crippen LogP contribution is -2.28. The number of carbonyl (C=O) groups excluding carboxylic acids is 1. The molecule has 0 saturated carbocycles. The minimum absolute atomic E-state index is 0.0165. The summed E-state index contributed by atoms with van der Waals surface area (Å²) in [6.07, 6.45) is 2.47. The van der Waals surface area contributed by atoms with Gasteiger partial charge in [-0.2, -0.15) is 0 Å². The topological polar surface area (TPSA) is 51.3 Å². The van der Waals surface area contributed by atoms with Crippen LogP contribution in [-0.4, -0.2) is 28.0 Å². The van der Waals surface area contributed by atoms with Crippen LogP contribution >= 0.6 is 0 Å². The average Bonchev–Trinajstić information content (AvgIpc) is 2.62. The van der Waals surface area contributed by atoms with Crippen LogP contribution in [0.4, 0.5) is 0 Å². The van der Waals surface area contributed by atoms with Crippen molar-refractivity contribution in [3.8, 4) is 0 Å². The number of amides is 1. The summed E-state index contributed by atoms with van der Waals surface area (Å²) in [4.78, 5) is 13.3. The van der Waals surface area contributed by atoms with Crippen LogP contribution in [0, 0.1) is 0 Å². The average molecular weight is 193 g/mol. The van der Waals surface area contributed by atoms with Crippen molar-refractivity contribution in [3.63, 3.8) is 0 Å². The highest BCUT2D eigenvalue weighted by molar-refractivity contribution is 5.79. The zero-order chi connectivity index (χ0) is 10.1. The molecule has 0 bridgehead atoms. The summed E-state index contributed by atoms with van der Waals surface area (Å²) in [6.45, 7) is 1.36. The molecule has 1 unspecified atom stereocenters. The van der Waals surface area contributed by atoms with Gasteiger partial charge in [0.1, 0.15) is 0 Å². The molecule has 2 rings (SSSR count). The Hall–Kier alpha value is -1.29. The van der Waals surface area contributed by atoms with E-state index in [9.17, 15) is 4.79 Å². The molecular weight excluding hydrogens is 178 g/mol. The third-order valence-corrected chi connectivity index (χ3v) is 2.65. The van der Waals surface area contributed by atoms with Crippen LogP contribution < -0.4 is 5.73 Å². The molecule has 0 radical (unpaired) electrons. The van der Waals surface area contributed by atoms with E-state index < -0.39 is 0 Å². The highest BCUT2D eigenvalue weighted by Crippen LogP contribution is 2.13. The minimum Gasteiger partial charge on any atom is -0.353 e. The van der Waals surface area contributed by atoms with E-state index in [1.54, 1.807) is 0 Å². The fraction of sp³-hybridized carbons (Fsp3) is 0.500. The maximum Gasteiger partial charge on any atom is 0.224 e. The normalized spacial score (nSPS) is 22.0. The van der Waals surface area contributed by atoms with Crippen LogP contribution in [-0.2, 0) is 18.4 Å². The Morgan fingerprint density at radius 3 is 2.93 bits per heavy atom. The molecule has 1 aliphatic heterocycles. The van der Waals surface area contributed by atoms with Gasteiger partial charge in [-0.1, -0.05) is 0 Å². The number of nitrogens with two attached hydrogens (primary N) is 1. The monoisotopic (exact) mass is 193 g/mol. The molecular formula is C10H15N3O. The highest BCUT2D eigenvalue weighted by Gasteiger charge is 2.26. The Morgan fingerprint density at radius 2 is 2.43 bits per heavy atom. The van der Waals surface area contributed by atoms with Gasteiger partial charge < -0.3 is 15.2 Å². The summed E-state index contributed by atoms with van der Waals surface area (Å²) < 4.78 is 2.02. The fourth-order valence-electron chi connectivity index (χ4n) is 1.81. The van der Waals surface area contributed by atoms with E-state index in [0.29, 0.717) is 19.5 Å². The van der Waals surface area contributed by atoms with Crippen molar-refractivity contribution in [2.75, 3.05) is 6.54 Å². The maximum atomic E-state index is 11.5. The number of carbonyl (C=O) groups is 1. The molecule has 2 heterocycles. The van der Waals surface area contributed by atoms with Crippen molar-refractivity contribution in [1.82, 2.24) is 9.47 Å². The molecule has 1 amide bonds. The number of aryl methyl sites for hydroxylation is 1. The van der Waals surface area contributed by atoms with Gasteiger partial charge in [0.05, 0.1) is 6.54 Å². The molecule has 0 aliphatic carbocycles. The first-order valence-electron chi connectivity index (χ1n) is 4.80. The van der Waals surface area contributed by atoms with E-state index in [2.05, 4.69) is 0 Å². The summed E-state index contributed by atoms with van der Waals surface area (Å²) in [5, 5.41) is 0. The van der Waals surface area contributed by atoms with Crippen LogP contribution in [0.15, 0.2) is 18.3 Å². The zero-order valence-electron chi connectivity index (χ0n) is 8.31. The van der Waals surface area contributed by atoms with Crippen molar-refractivity contribution in [1.29, 1.82) is 0 Å². The lowest BCUT2D eigenvalue weighted by molar-refractivity contribution is -0.128. The summed E-state index contributed by atoms with van der Waals surface area (Å²) in [5.41, 5.74) is 6.86. The Morgan fingerprint density at radius 1 is 1.64 bits per heavy atom. The number of hydrogen-bond donors (Lipinski definition) is 1. The standard InChI is InChI=1S/C10H15N3O/c1-12-4-2-3-9(12)7-13-6-8(11)5-10(13)14/h2-4,8H,5-7,11H2,1H3. The Labute approximate surface area is 83.3 Å². The first kappa shape index (κ1) is 9.27. The van der Waals surface area contributed by atoms with Crippen LogP contribution in [0.3, 0.4) is 0 Å². The predicted molar refractivity (Wildman–Crippen MR) is 53.4 cm³/mol. The summed E-state index contributed by atoms with van der Waals surface area (Å²) in [7, 11) is 1.98. The van der Waals surface area contributed by atoms with E-state index in [-0.39, 0.29) is 11.9 Å². The van der Waals surface area contributed by atoms with Crippen LogP contribution in [0.5, 0.6) is 0 Å². The second-order valence-electron chi connectivity index (χ2n) is 3.85. The van der Waals surface area contributed by atoms with E-state index in [0.717, 1.165) is 5.69 Å². The smallest absolute Gasteiger partial charge is 0.224 e. The number of likely N-dealkylation sites (tertiary alicyclic amines) is 1. The molecule has 1 atom stereocenters. The maximum absolute atomic E-state index is 11.5. The lowest BCUT2D eigenvalue weighted by atomic mass is 10.3. The third kappa shape index (κ3) is 1.65. The predicted octanol–water partition coefficient (Wildman–Crippen LogP) is 0.0847. The van der Waals surface area contributed by atoms with Crippen molar-refractivity contribution in [2.24, 2.45) is 12.8 Å². The largest absolute Gasteiger partial charge is 0.353 e. The highest BCUT2D eigenvalue weighted by atomic mass is 16.2. The van der Waals surface area contributed by atoms with Gasteiger partial charge >= 0.3 is 0 Å². The summed E-state index contributed by atoms with van der Waals surface area (Å²) >= 11 is 0. The van der Waals surface area contributed by atoms with Crippen molar-refractivity contribution in [2.45, 2.75) is 19.0 Å². The van der Waals surface area contributed by atoms with E-state index in [4.69, 9.17) is 5.73 Å². The Bertz CT molecular complexity index is 345. The molecule has 0 spiro atoms. The molecule has 0 aromatic carbocycles. The molecule has 14 heavy (non-hydrogen) atoms. The van der Waals surface area contributed by atoms with Gasteiger partial charge in [-0.25, -0.2) is 0 Å². The molecule has 1 aromatic rings. The van der Waals surface area contributed by atoms with Gasteiger partial charge in [-0.3, -0.25) is 4.79 Å². The van der Waals surface area contributed by atoms with Gasteiger partial charge in [0.15, 0.2) is 0 Å². The van der Waals surface area contributed by atoms with Gasteiger partial charge in [0.25, 0.3) is 0 Å². The van der Waals surface area contributed by atoms with Gasteiger partial charge in [0.2, 0.25) is 5.91 Å². The SMILES string of the molecule is Cn1cccc1CN1CC(N)CC1=O. The molecule has 1 aliphatic rings. The zero-order valence-corrected chi connectivity index (χ0v) is 8.31. The molecule has 2 N–H and O–H groups in total. The summed E-state index contributed by atoms with van der Waals surface area (Å²) in [5.74, 6) is 0.165. The van der Waals surface area contributed by atoms with Crippen molar-refractivity contribution < 1.29 is 4.79 Å². The van der Waals surface area contributed by atoms with E-state index >= 15 is 0 Å². The van der Waals surface area contributed by atoms with Crippen LogP contribution in [0.2, 0.25) is 0 Å². The van der Waals surface area contributed by atoms with Crippen LogP contribution in [0.1, 0.15) is 12.1 Å². The number of nitrogens with zero attached hydrogens (tertiary/aromatic N) is 2. The van der Waals surface area contributed by atoms with Gasteiger partial charge in [-0.05, 0) is 12.1 Å². The van der Waals surface area contributed by atoms with Crippen molar-refractivity contribution in [3.05, 3.63) is 24.0 Å². The number of rotatable bonds is 2. The number of aromatic nitrogens is 1. The van der Waals surface area contributed by atoms with Crippen molar-refractivity contribution >= 4 is 5.91 Å². The molecule has 1 fully saturated rings. The number of hydrogen-bond acceptors (Lipinski definition) is 2. The molecule has 1 aromatic heterocycles. The molecule has 4 nitrogen and oxygen atoms in total. The Balaban J connectivity index is 2.05. The fourth-order valence-corrected chi connectivity index (χ4v) is 1.81. The molecule has 76 valence electrons. The first-order valence-corrected chi connectivity index (χ1v) is 4.80. The quantitative estimate of drug-likeness (QED) is 0.723. The first-order chi connectivity index (χ1) is 6.66. The van der Waals surface area contributed by atoms with Crippen LogP contribution in [0.25, 0.3) is 0 Å². The second-order valence-corrected chi connectivity index (χ2v) is 3.85. The lowest BCUT2D eigenvalue weighted by Gasteiger charge is -2.16. The summed E-state index contributed by atoms with van der Waals surface area (Å²) in [6, 6.07) is 4.02. The molecule has 4 heteroatoms.